The van der Waals surface area contributed by atoms with Gasteiger partial charge in [-0.25, -0.2) is 15.0 Å². The van der Waals surface area contributed by atoms with Crippen LogP contribution in [-0.2, 0) is 23.4 Å². The van der Waals surface area contributed by atoms with Crippen molar-refractivity contribution in [1.29, 1.82) is 0 Å². The van der Waals surface area contributed by atoms with Crippen molar-refractivity contribution >= 4 is 36.6 Å². The molecule has 0 radical (unpaired) electrons. The van der Waals surface area contributed by atoms with Gasteiger partial charge in [-0.3, -0.25) is 19.0 Å². The molecule has 1 amide bonds. The Morgan fingerprint density at radius 3 is 2.77 bits per heavy atom. The third kappa shape index (κ3) is 4.96. The first-order valence-corrected chi connectivity index (χ1v) is 10.3. The molecule has 1 fully saturated rings. The van der Waals surface area contributed by atoms with Crippen LogP contribution < -0.4 is 26.6 Å². The van der Waals surface area contributed by atoms with Gasteiger partial charge in [-0.05, 0) is 0 Å². The third-order valence-electron chi connectivity index (χ3n) is 4.43. The summed E-state index contributed by atoms with van der Waals surface area (Å²) >= 11 is 0. The van der Waals surface area contributed by atoms with Crippen LogP contribution in [0.2, 0.25) is 0 Å². The predicted octanol–water partition coefficient (Wildman–Crippen LogP) is -5.62. The largest absolute Gasteiger partial charge is 0.762 e. The van der Waals surface area contributed by atoms with Crippen LogP contribution in [0.3, 0.4) is 0 Å². The fraction of sp³-hybridized carbons (Fsp3) is 0.500. The number of carboxylic acid groups (broad SMARTS) is 1. The van der Waals surface area contributed by atoms with Crippen molar-refractivity contribution in [1.82, 2.24) is 24.6 Å². The maximum atomic E-state index is 11.9. The summed E-state index contributed by atoms with van der Waals surface area (Å²) in [5.74, 6) is -2.71. The Hall–Kier alpha value is -2.72. The highest BCUT2D eigenvalue weighted by Crippen LogP contribution is 2.36. The van der Waals surface area contributed by atoms with Gasteiger partial charge >= 0.3 is 0 Å². The van der Waals surface area contributed by atoms with Gasteiger partial charge in [-0.1, -0.05) is 0 Å². The Bertz CT molecular complexity index is 1030. The van der Waals surface area contributed by atoms with Crippen molar-refractivity contribution in [2.45, 2.75) is 37.0 Å². The summed E-state index contributed by atoms with van der Waals surface area (Å²) in [4.78, 5) is 45.9. The Morgan fingerprint density at radius 1 is 1.39 bits per heavy atom. The number of imidazole rings is 1. The minimum absolute atomic E-state index is 0.0860. The van der Waals surface area contributed by atoms with Crippen molar-refractivity contribution in [3.05, 3.63) is 12.7 Å². The molecule has 17 heteroatoms. The monoisotopic (exact) mass is 460 g/mol. The van der Waals surface area contributed by atoms with Crippen molar-refractivity contribution < 1.29 is 49.4 Å². The number of rotatable bonds is 8. The van der Waals surface area contributed by atoms with Gasteiger partial charge in [0.1, 0.15) is 36.2 Å². The SMILES string of the molecule is Nc1ncnc2c1ncn2[C@@H]1O[C@H](COP(=O)([O-])NC(=O)C[C@@H]([NH3+])C(=O)[O-])[C@@H](O)[C@H]1O. The van der Waals surface area contributed by atoms with E-state index in [0.29, 0.717) is 0 Å². The minimum atomic E-state index is -4.98. The second kappa shape index (κ2) is 8.80. The first-order valence-electron chi connectivity index (χ1n) is 8.75. The zero-order valence-electron chi connectivity index (χ0n) is 15.7. The fourth-order valence-corrected chi connectivity index (χ4v) is 3.67. The summed E-state index contributed by atoms with van der Waals surface area (Å²) in [6, 6.07) is -1.46. The summed E-state index contributed by atoms with van der Waals surface area (Å²) in [6.45, 7) is -0.756. The maximum absolute atomic E-state index is 11.9. The van der Waals surface area contributed by atoms with Crippen LogP contribution in [0.5, 0.6) is 0 Å². The first kappa shape index (κ1) is 23.0. The van der Waals surface area contributed by atoms with E-state index in [1.807, 2.05) is 0 Å². The summed E-state index contributed by atoms with van der Waals surface area (Å²) in [7, 11) is -4.98. The Morgan fingerprint density at radius 2 is 2.10 bits per heavy atom. The summed E-state index contributed by atoms with van der Waals surface area (Å²) in [5, 5.41) is 32.6. The van der Waals surface area contributed by atoms with E-state index in [4.69, 9.17) is 10.5 Å². The number of hydrogen-bond donors (Lipinski definition) is 5. The van der Waals surface area contributed by atoms with E-state index in [2.05, 4.69) is 25.2 Å². The number of fused-ring (bicyclic) bond motifs is 1. The number of aliphatic carboxylic acids is 1. The fourth-order valence-electron chi connectivity index (χ4n) is 2.86. The van der Waals surface area contributed by atoms with Gasteiger partial charge < -0.3 is 45.7 Å². The quantitative estimate of drug-likeness (QED) is 0.230. The number of aliphatic hydroxyl groups is 2. The standard InChI is InChI=1S/C14H20N7O9P/c15-5(14(25)26)1-7(22)20-31(27,28)29-2-6-9(23)10(24)13(30-6)21-4-19-8-11(16)17-3-18-12(8)21/h3-6,9-10,13,23-24H,1-2,15H2,(H,25,26)(H2,16,17,18)(H2,20,22,27,28)/p-1/t5-,6-,9-,10-,13-/m1/s1. The average Bonchev–Trinajstić information content (AvgIpc) is 3.22. The van der Waals surface area contributed by atoms with Gasteiger partial charge in [-0.15, -0.1) is 0 Å². The van der Waals surface area contributed by atoms with Gasteiger partial charge in [0.15, 0.2) is 17.7 Å². The molecule has 6 atom stereocenters. The second-order valence-electron chi connectivity index (χ2n) is 6.68. The topological polar surface area (TPSA) is 266 Å². The van der Waals surface area contributed by atoms with Gasteiger partial charge in [0.2, 0.25) is 13.7 Å². The number of carbonyl (C=O) groups is 2. The Balaban J connectivity index is 1.64. The molecule has 1 saturated heterocycles. The number of ether oxygens (including phenoxy) is 1. The van der Waals surface area contributed by atoms with E-state index < -0.39 is 63.2 Å². The minimum Gasteiger partial charge on any atom is -0.762 e. The summed E-state index contributed by atoms with van der Waals surface area (Å²) < 4.78 is 23.3. The molecule has 1 aliphatic rings. The highest BCUT2D eigenvalue weighted by atomic mass is 31.2. The van der Waals surface area contributed by atoms with Crippen molar-refractivity contribution in [2.24, 2.45) is 0 Å². The van der Waals surface area contributed by atoms with E-state index >= 15 is 0 Å². The van der Waals surface area contributed by atoms with E-state index in [1.165, 1.54) is 22.3 Å². The first-order chi connectivity index (χ1) is 14.5. The highest BCUT2D eigenvalue weighted by molar-refractivity contribution is 7.49. The lowest BCUT2D eigenvalue weighted by Gasteiger charge is -2.26. The molecule has 16 nitrogen and oxygen atoms in total. The smallest absolute Gasteiger partial charge is 0.232 e. The number of nitrogens with two attached hydrogens (primary N) is 1. The van der Waals surface area contributed by atoms with Crippen LogP contribution in [0, 0.1) is 0 Å². The summed E-state index contributed by atoms with van der Waals surface area (Å²) in [6.07, 6.45) is -3.89. The Kier molecular flexibility index (Phi) is 6.51. The predicted molar refractivity (Wildman–Crippen MR) is 93.7 cm³/mol. The van der Waals surface area contributed by atoms with Gasteiger partial charge in [0, 0.05) is 0 Å². The molecule has 8 N–H and O–H groups in total. The van der Waals surface area contributed by atoms with Crippen LogP contribution in [0.25, 0.3) is 11.2 Å². The van der Waals surface area contributed by atoms with Crippen LogP contribution in [0.15, 0.2) is 12.7 Å². The Labute approximate surface area is 173 Å². The number of nitrogen functional groups attached to an aromatic ring is 1. The molecule has 0 spiro atoms. The number of anilines is 1. The highest BCUT2D eigenvalue weighted by Gasteiger charge is 2.44. The molecular weight excluding hydrogens is 441 g/mol. The number of aliphatic hydroxyl groups excluding tert-OH is 2. The number of quaternary nitrogens is 1. The van der Waals surface area contributed by atoms with E-state index in [1.54, 1.807) is 0 Å². The van der Waals surface area contributed by atoms with Crippen LogP contribution in [-0.4, -0.2) is 72.6 Å². The van der Waals surface area contributed by atoms with Crippen LogP contribution in [0.1, 0.15) is 12.6 Å². The molecule has 0 aliphatic carbocycles. The molecule has 2 aromatic rings. The molecule has 1 aliphatic heterocycles. The van der Waals surface area contributed by atoms with E-state index in [0.717, 1.165) is 0 Å². The van der Waals surface area contributed by atoms with E-state index in [-0.39, 0.29) is 17.0 Å². The van der Waals surface area contributed by atoms with Crippen molar-refractivity contribution in [3.63, 3.8) is 0 Å². The van der Waals surface area contributed by atoms with Gasteiger partial charge in [0.25, 0.3) is 0 Å². The van der Waals surface area contributed by atoms with Crippen molar-refractivity contribution in [2.75, 3.05) is 12.3 Å². The molecule has 3 rings (SSSR count). The number of carboxylic acids is 1. The normalized spacial score (nSPS) is 26.5. The molecule has 0 saturated carbocycles. The van der Waals surface area contributed by atoms with Crippen LogP contribution >= 0.6 is 7.75 Å². The number of hydrogen-bond acceptors (Lipinski definition) is 13. The number of nitrogens with one attached hydrogen (secondary N) is 1. The van der Waals surface area contributed by atoms with Crippen LogP contribution in [0.4, 0.5) is 5.82 Å². The summed E-state index contributed by atoms with van der Waals surface area (Å²) in [5.41, 5.74) is 9.28. The van der Waals surface area contributed by atoms with Gasteiger partial charge in [-0.2, -0.15) is 0 Å². The zero-order valence-corrected chi connectivity index (χ0v) is 16.6. The number of aromatic nitrogens is 4. The van der Waals surface area contributed by atoms with Gasteiger partial charge in [0.05, 0.1) is 25.3 Å². The molecular formula is C14H19N7O9P-. The molecule has 31 heavy (non-hydrogen) atoms. The lowest BCUT2D eigenvalue weighted by atomic mass is 10.1. The van der Waals surface area contributed by atoms with E-state index in [9.17, 15) is 34.4 Å². The second-order valence-corrected chi connectivity index (χ2v) is 8.15. The maximum Gasteiger partial charge on any atom is 0.232 e. The molecule has 2 aromatic heterocycles. The number of carbonyl (C=O) groups excluding carboxylic acids is 2. The molecule has 170 valence electrons. The molecule has 1 unspecified atom stereocenters. The third-order valence-corrected chi connectivity index (χ3v) is 5.45. The number of nitrogens with zero attached hydrogens (tertiary/aromatic N) is 4. The molecule has 0 bridgehead atoms. The molecule has 3 heterocycles. The molecule has 0 aromatic carbocycles. The zero-order chi connectivity index (χ0) is 22.9. The lowest BCUT2D eigenvalue weighted by Crippen LogP contribution is -2.69. The number of amides is 1. The average molecular weight is 460 g/mol. The van der Waals surface area contributed by atoms with Crippen molar-refractivity contribution in [3.8, 4) is 0 Å². The lowest BCUT2D eigenvalue weighted by molar-refractivity contribution is -0.436.